The van der Waals surface area contributed by atoms with Gasteiger partial charge < -0.3 is 29.7 Å². The van der Waals surface area contributed by atoms with Gasteiger partial charge in [0.25, 0.3) is 0 Å². The summed E-state index contributed by atoms with van der Waals surface area (Å²) in [7, 11) is 5.67. The number of carbonyl (C=O) groups is 1. The Morgan fingerprint density at radius 3 is 2.39 bits per heavy atom. The van der Waals surface area contributed by atoms with Crippen LogP contribution in [-0.4, -0.2) is 41.8 Å². The predicted octanol–water partition coefficient (Wildman–Crippen LogP) is 6.11. The molecular formula is C32H36N6O2S. The minimum absolute atomic E-state index is 0.0897. The molecule has 5 rings (SSSR count). The van der Waals surface area contributed by atoms with Crippen LogP contribution in [0.4, 0.5) is 17.1 Å². The molecular weight excluding hydrogens is 532 g/mol. The van der Waals surface area contributed by atoms with Crippen LogP contribution in [0, 0.1) is 5.41 Å². The number of benzene rings is 2. The molecule has 2 N–H and O–H groups in total. The molecule has 0 unspecified atom stereocenters. The van der Waals surface area contributed by atoms with Gasteiger partial charge in [0, 0.05) is 60.7 Å². The van der Waals surface area contributed by atoms with Gasteiger partial charge in [0.05, 0.1) is 24.5 Å². The van der Waals surface area contributed by atoms with Gasteiger partial charge in [-0.25, -0.2) is 0 Å². The second kappa shape index (κ2) is 11.2. The van der Waals surface area contributed by atoms with E-state index in [1.54, 1.807) is 13.3 Å². The zero-order valence-electron chi connectivity index (χ0n) is 24.3. The van der Waals surface area contributed by atoms with Crippen LogP contribution in [0.3, 0.4) is 0 Å². The number of thiocarbonyl (C=S) groups is 1. The van der Waals surface area contributed by atoms with E-state index in [1.807, 2.05) is 71.3 Å². The maximum absolute atomic E-state index is 12.7. The highest BCUT2D eigenvalue weighted by Gasteiger charge is 2.42. The molecule has 2 aromatic carbocycles. The molecule has 2 aromatic heterocycles. The maximum Gasteiger partial charge on any atom is 0.229 e. The summed E-state index contributed by atoms with van der Waals surface area (Å²) in [5.74, 6) is 0.464. The van der Waals surface area contributed by atoms with E-state index in [9.17, 15) is 4.79 Å². The van der Waals surface area contributed by atoms with Gasteiger partial charge in [-0.1, -0.05) is 26.8 Å². The number of hydrogen-bond donors (Lipinski definition) is 2. The summed E-state index contributed by atoms with van der Waals surface area (Å²) in [5, 5.41) is 7.11. The fraction of sp³-hybridized carbons (Fsp3) is 0.281. The highest BCUT2D eigenvalue weighted by Crippen LogP contribution is 2.44. The van der Waals surface area contributed by atoms with Crippen molar-refractivity contribution in [3.05, 3.63) is 96.6 Å². The first kappa shape index (κ1) is 28.2. The Kier molecular flexibility index (Phi) is 7.73. The molecule has 41 heavy (non-hydrogen) atoms. The highest BCUT2D eigenvalue weighted by molar-refractivity contribution is 7.80. The van der Waals surface area contributed by atoms with Gasteiger partial charge in [-0.2, -0.15) is 0 Å². The number of ether oxygens (including phenoxy) is 1. The third-order valence-corrected chi connectivity index (χ3v) is 7.53. The Morgan fingerprint density at radius 2 is 1.76 bits per heavy atom. The summed E-state index contributed by atoms with van der Waals surface area (Å²) >= 11 is 5.95. The Hall–Kier alpha value is -4.37. The van der Waals surface area contributed by atoms with Crippen LogP contribution in [0.1, 0.15) is 44.2 Å². The van der Waals surface area contributed by atoms with Crippen molar-refractivity contribution in [3.8, 4) is 11.4 Å². The molecule has 0 spiro atoms. The van der Waals surface area contributed by atoms with E-state index in [2.05, 4.69) is 72.6 Å². The molecule has 0 radical (unpaired) electrons. The van der Waals surface area contributed by atoms with Crippen molar-refractivity contribution in [1.82, 2.24) is 14.9 Å². The first-order valence-corrected chi connectivity index (χ1v) is 13.9. The molecule has 3 heterocycles. The Balaban J connectivity index is 1.59. The molecule has 4 aromatic rings. The van der Waals surface area contributed by atoms with Crippen molar-refractivity contribution in [2.45, 2.75) is 32.9 Å². The quantitative estimate of drug-likeness (QED) is 0.261. The van der Waals surface area contributed by atoms with E-state index >= 15 is 0 Å². The SMILES string of the molecule is COc1cc(N2C(=S)N[C@H](c3ccccn3)[C@@H]2c2cccn2-c2ccc(N(C)C)cc2)ccc1NC(=O)C(C)(C)C. The summed E-state index contributed by atoms with van der Waals surface area (Å²) in [4.78, 5) is 21.6. The first-order valence-electron chi connectivity index (χ1n) is 13.5. The number of hydrogen-bond acceptors (Lipinski definition) is 5. The topological polar surface area (TPSA) is 74.7 Å². The van der Waals surface area contributed by atoms with Gasteiger partial charge >= 0.3 is 0 Å². The van der Waals surface area contributed by atoms with Crippen LogP contribution >= 0.6 is 12.2 Å². The summed E-state index contributed by atoms with van der Waals surface area (Å²) in [6, 6.07) is 23.9. The highest BCUT2D eigenvalue weighted by atomic mass is 32.1. The number of amides is 1. The number of anilines is 3. The van der Waals surface area contributed by atoms with Crippen LogP contribution in [0.2, 0.25) is 0 Å². The number of nitrogens with zero attached hydrogens (tertiary/aromatic N) is 4. The molecule has 1 aliphatic rings. The standard InChI is InChI=1S/C32H36N6O2S/c1-32(2,3)30(39)34-24-17-16-23(20-27(24)40-6)38-29(28(35-31(38)41)25-10-7-8-18-33-25)26-11-9-19-37(26)22-14-12-21(13-15-22)36(4)5/h7-20,28-29H,1-6H3,(H,34,39)(H,35,41)/t28-,29+/m1/s1. The molecule has 9 heteroatoms. The molecule has 1 fully saturated rings. The molecule has 2 atom stereocenters. The van der Waals surface area contributed by atoms with Crippen LogP contribution < -0.4 is 25.2 Å². The van der Waals surface area contributed by atoms with Gasteiger partial charge in [0.1, 0.15) is 11.8 Å². The smallest absolute Gasteiger partial charge is 0.229 e. The van der Waals surface area contributed by atoms with E-state index in [0.717, 1.165) is 28.5 Å². The van der Waals surface area contributed by atoms with Crippen molar-refractivity contribution in [1.29, 1.82) is 0 Å². The fourth-order valence-electron chi connectivity index (χ4n) is 4.96. The summed E-state index contributed by atoms with van der Waals surface area (Å²) in [6.07, 6.45) is 3.87. The number of rotatable bonds is 7. The first-order chi connectivity index (χ1) is 19.6. The number of methoxy groups -OCH3 is 1. The Morgan fingerprint density at radius 1 is 1.02 bits per heavy atom. The molecule has 1 amide bonds. The molecule has 1 saturated heterocycles. The predicted molar refractivity (Wildman–Crippen MR) is 169 cm³/mol. The van der Waals surface area contributed by atoms with Crippen molar-refractivity contribution >= 4 is 40.3 Å². The molecule has 8 nitrogen and oxygen atoms in total. The average molecular weight is 569 g/mol. The van der Waals surface area contributed by atoms with E-state index < -0.39 is 5.41 Å². The van der Waals surface area contributed by atoms with E-state index in [4.69, 9.17) is 17.0 Å². The number of nitrogens with one attached hydrogen (secondary N) is 2. The minimum atomic E-state index is -0.540. The van der Waals surface area contributed by atoms with Crippen LogP contribution in [0.25, 0.3) is 5.69 Å². The lowest BCUT2D eigenvalue weighted by Gasteiger charge is -2.29. The fourth-order valence-corrected chi connectivity index (χ4v) is 5.30. The van der Waals surface area contributed by atoms with Gasteiger partial charge in [-0.05, 0) is 72.9 Å². The monoisotopic (exact) mass is 568 g/mol. The molecule has 0 bridgehead atoms. The maximum atomic E-state index is 12.7. The summed E-state index contributed by atoms with van der Waals surface area (Å²) < 4.78 is 7.92. The van der Waals surface area contributed by atoms with Crippen molar-refractivity contribution in [2.75, 3.05) is 36.3 Å². The normalized spacial score (nSPS) is 16.8. The zero-order chi connectivity index (χ0) is 29.3. The van der Waals surface area contributed by atoms with E-state index in [-0.39, 0.29) is 18.0 Å². The van der Waals surface area contributed by atoms with Crippen molar-refractivity contribution in [3.63, 3.8) is 0 Å². The largest absolute Gasteiger partial charge is 0.494 e. The zero-order valence-corrected chi connectivity index (χ0v) is 25.1. The molecule has 0 saturated carbocycles. The van der Waals surface area contributed by atoms with E-state index in [0.29, 0.717) is 16.5 Å². The Bertz CT molecular complexity index is 1540. The number of pyridine rings is 1. The molecule has 212 valence electrons. The third kappa shape index (κ3) is 5.63. The average Bonchev–Trinajstić information content (AvgIpc) is 3.57. The summed E-state index contributed by atoms with van der Waals surface area (Å²) in [6.45, 7) is 5.63. The lowest BCUT2D eigenvalue weighted by molar-refractivity contribution is -0.123. The number of carbonyl (C=O) groups excluding carboxylic acids is 1. The van der Waals surface area contributed by atoms with Crippen LogP contribution in [-0.2, 0) is 4.79 Å². The lowest BCUT2D eigenvalue weighted by Crippen LogP contribution is -2.30. The summed E-state index contributed by atoms with van der Waals surface area (Å²) in [5.41, 5.74) is 5.02. The van der Waals surface area contributed by atoms with Crippen LogP contribution in [0.5, 0.6) is 5.75 Å². The lowest BCUT2D eigenvalue weighted by atomic mass is 9.95. The second-order valence-electron chi connectivity index (χ2n) is 11.3. The van der Waals surface area contributed by atoms with Gasteiger partial charge in [0.2, 0.25) is 5.91 Å². The molecule has 0 aliphatic carbocycles. The van der Waals surface area contributed by atoms with E-state index in [1.165, 1.54) is 0 Å². The van der Waals surface area contributed by atoms with Gasteiger partial charge in [-0.15, -0.1) is 0 Å². The Labute approximate surface area is 247 Å². The second-order valence-corrected chi connectivity index (χ2v) is 11.7. The number of aromatic nitrogens is 2. The molecule has 1 aliphatic heterocycles. The van der Waals surface area contributed by atoms with Gasteiger partial charge in [0.15, 0.2) is 5.11 Å². The van der Waals surface area contributed by atoms with Crippen molar-refractivity contribution < 1.29 is 9.53 Å². The van der Waals surface area contributed by atoms with Gasteiger partial charge in [-0.3, -0.25) is 9.78 Å². The van der Waals surface area contributed by atoms with Crippen LogP contribution in [0.15, 0.2) is 85.2 Å². The minimum Gasteiger partial charge on any atom is -0.494 e. The van der Waals surface area contributed by atoms with Crippen molar-refractivity contribution in [2.24, 2.45) is 5.41 Å². The third-order valence-electron chi connectivity index (χ3n) is 7.22.